The number of carbonyl (C=O) groups excluding carboxylic acids is 2. The van der Waals surface area contributed by atoms with E-state index in [2.05, 4.69) is 10.4 Å². The average molecular weight is 227 g/mol. The van der Waals surface area contributed by atoms with Gasteiger partial charge in [-0.3, -0.25) is 5.32 Å². The lowest BCUT2D eigenvalue weighted by Gasteiger charge is -2.04. The molecule has 1 aromatic carbocycles. The number of hydrogen-bond acceptors (Lipinski definition) is 3. The normalized spacial score (nSPS) is 9.13. The first-order valence-electron chi connectivity index (χ1n) is 3.87. The summed E-state index contributed by atoms with van der Waals surface area (Å²) in [5.41, 5.74) is 6.77. The number of urea groups is 2. The highest BCUT2D eigenvalue weighted by Gasteiger charge is 2.05. The lowest BCUT2D eigenvalue weighted by Crippen LogP contribution is -2.31. The zero-order valence-electron chi connectivity index (χ0n) is 7.45. The molecule has 1 aromatic rings. The molecule has 0 aliphatic heterocycles. The van der Waals surface area contributed by atoms with Crippen LogP contribution in [-0.2, 0) is 0 Å². The van der Waals surface area contributed by atoms with Gasteiger partial charge < -0.3 is 5.32 Å². The van der Waals surface area contributed by atoms with Crippen molar-refractivity contribution in [3.05, 3.63) is 29.3 Å². The van der Waals surface area contributed by atoms with Gasteiger partial charge >= 0.3 is 12.1 Å². The molecule has 6 nitrogen and oxygen atoms in total. The first kappa shape index (κ1) is 11.1. The van der Waals surface area contributed by atoms with Crippen molar-refractivity contribution in [1.82, 2.24) is 5.32 Å². The molecular weight excluding hydrogens is 220 g/mol. The Labute approximate surface area is 90.1 Å². The van der Waals surface area contributed by atoms with Crippen LogP contribution in [0.25, 0.3) is 0 Å². The van der Waals surface area contributed by atoms with Gasteiger partial charge in [0.15, 0.2) is 0 Å². The van der Waals surface area contributed by atoms with Crippen molar-refractivity contribution in [2.75, 3.05) is 5.32 Å². The maximum atomic E-state index is 11.1. The molecule has 0 bridgehead atoms. The number of hydrogen-bond donors (Lipinski definition) is 3. The Morgan fingerprint density at radius 2 is 2.13 bits per heavy atom. The van der Waals surface area contributed by atoms with Crippen LogP contribution in [-0.4, -0.2) is 12.1 Å². The molecule has 0 fully saturated rings. The van der Waals surface area contributed by atoms with E-state index in [4.69, 9.17) is 17.1 Å². The van der Waals surface area contributed by atoms with Gasteiger partial charge in [0, 0.05) is 10.7 Å². The van der Waals surface area contributed by atoms with Crippen LogP contribution in [0.15, 0.2) is 29.4 Å². The van der Waals surface area contributed by atoms with E-state index < -0.39 is 12.1 Å². The molecule has 0 saturated heterocycles. The first-order chi connectivity index (χ1) is 7.11. The van der Waals surface area contributed by atoms with Crippen molar-refractivity contribution in [2.45, 2.75) is 0 Å². The van der Waals surface area contributed by atoms with Crippen LogP contribution >= 0.6 is 11.6 Å². The number of benzene rings is 1. The second-order valence-electron chi connectivity index (χ2n) is 2.51. The van der Waals surface area contributed by atoms with Crippen molar-refractivity contribution in [3.63, 3.8) is 0 Å². The third-order valence-corrected chi connectivity index (χ3v) is 1.64. The van der Waals surface area contributed by atoms with Gasteiger partial charge in [0.2, 0.25) is 0 Å². The largest absolute Gasteiger partial charge is 0.367 e. The van der Waals surface area contributed by atoms with Gasteiger partial charge in [0.1, 0.15) is 0 Å². The zero-order chi connectivity index (χ0) is 11.3. The summed E-state index contributed by atoms with van der Waals surface area (Å²) in [4.78, 5) is 21.6. The topological polar surface area (TPSA) is 94.4 Å². The van der Waals surface area contributed by atoms with Gasteiger partial charge in [0.25, 0.3) is 0 Å². The van der Waals surface area contributed by atoms with Crippen molar-refractivity contribution >= 4 is 29.4 Å². The minimum Gasteiger partial charge on any atom is -0.308 e. The van der Waals surface area contributed by atoms with E-state index >= 15 is 0 Å². The summed E-state index contributed by atoms with van der Waals surface area (Å²) in [7, 11) is 0. The van der Waals surface area contributed by atoms with Crippen molar-refractivity contribution in [3.8, 4) is 0 Å². The van der Waals surface area contributed by atoms with Crippen LogP contribution in [0, 0.1) is 5.53 Å². The molecule has 0 saturated carbocycles. The van der Waals surface area contributed by atoms with Gasteiger partial charge in [-0.1, -0.05) is 22.8 Å². The lowest BCUT2D eigenvalue weighted by molar-refractivity contribution is 0.237. The predicted molar refractivity (Wildman–Crippen MR) is 54.2 cm³/mol. The standard InChI is InChI=1S/C8H7ClN4O2/c9-5-2-1-3-6(4-5)11-7(14)12-8(15)13-10/h1-4,10H,(H2,11,12,14,15). The van der Waals surface area contributed by atoms with E-state index in [-0.39, 0.29) is 0 Å². The highest BCUT2D eigenvalue weighted by atomic mass is 35.5. The third-order valence-electron chi connectivity index (χ3n) is 1.40. The Morgan fingerprint density at radius 3 is 2.73 bits per heavy atom. The summed E-state index contributed by atoms with van der Waals surface area (Å²) in [6, 6.07) is 4.62. The average Bonchev–Trinajstić information content (AvgIpc) is 2.17. The van der Waals surface area contributed by atoms with Crippen molar-refractivity contribution in [2.24, 2.45) is 5.11 Å². The number of anilines is 1. The minimum atomic E-state index is -1.03. The monoisotopic (exact) mass is 226 g/mol. The summed E-state index contributed by atoms with van der Waals surface area (Å²) >= 11 is 5.67. The Balaban J connectivity index is 2.58. The number of nitrogens with one attached hydrogen (secondary N) is 3. The quantitative estimate of drug-likeness (QED) is 0.642. The Hall–Kier alpha value is -1.95. The highest BCUT2D eigenvalue weighted by Crippen LogP contribution is 2.14. The van der Waals surface area contributed by atoms with Crippen LogP contribution in [0.3, 0.4) is 0 Å². The lowest BCUT2D eigenvalue weighted by atomic mass is 10.3. The maximum Gasteiger partial charge on any atom is 0.367 e. The number of nitrogens with zero attached hydrogens (tertiary/aromatic N) is 1. The molecule has 78 valence electrons. The van der Waals surface area contributed by atoms with Gasteiger partial charge in [-0.25, -0.2) is 9.59 Å². The molecule has 4 amide bonds. The fourth-order valence-corrected chi connectivity index (χ4v) is 1.04. The minimum absolute atomic E-state index is 0.442. The molecule has 0 spiro atoms. The number of imide groups is 1. The second kappa shape index (κ2) is 5.06. The fraction of sp³-hybridized carbons (Fsp3) is 0. The van der Waals surface area contributed by atoms with Crippen LogP contribution in [0.4, 0.5) is 15.3 Å². The second-order valence-corrected chi connectivity index (χ2v) is 2.94. The summed E-state index contributed by atoms with van der Waals surface area (Å²) in [6.07, 6.45) is 0. The molecule has 0 heterocycles. The molecule has 0 aromatic heterocycles. The number of rotatable bonds is 1. The molecular formula is C8H7ClN4O2. The highest BCUT2D eigenvalue weighted by molar-refractivity contribution is 6.30. The third kappa shape index (κ3) is 3.74. The van der Waals surface area contributed by atoms with Crippen molar-refractivity contribution in [1.29, 1.82) is 5.53 Å². The van der Waals surface area contributed by atoms with Gasteiger partial charge in [-0.05, 0) is 18.2 Å². The Bertz CT molecular complexity index is 407. The maximum absolute atomic E-state index is 11.1. The van der Waals surface area contributed by atoms with Crippen LogP contribution in [0.1, 0.15) is 0 Å². The van der Waals surface area contributed by atoms with E-state index in [1.165, 1.54) is 6.07 Å². The van der Waals surface area contributed by atoms with Gasteiger partial charge in [-0.2, -0.15) is 5.53 Å². The number of carbonyl (C=O) groups is 2. The van der Waals surface area contributed by atoms with Crippen LogP contribution in [0.5, 0.6) is 0 Å². The summed E-state index contributed by atoms with van der Waals surface area (Å²) < 4.78 is 0. The van der Waals surface area contributed by atoms with E-state index in [9.17, 15) is 9.59 Å². The molecule has 0 aliphatic carbocycles. The number of amides is 4. The summed E-state index contributed by atoms with van der Waals surface area (Å²) in [6.45, 7) is 0. The molecule has 0 aliphatic rings. The molecule has 0 radical (unpaired) electrons. The van der Waals surface area contributed by atoms with E-state index in [0.717, 1.165) is 0 Å². The molecule has 15 heavy (non-hydrogen) atoms. The van der Waals surface area contributed by atoms with Crippen LogP contribution < -0.4 is 10.6 Å². The molecule has 7 heteroatoms. The van der Waals surface area contributed by atoms with E-state index in [1.54, 1.807) is 18.2 Å². The van der Waals surface area contributed by atoms with Crippen LogP contribution in [0.2, 0.25) is 5.02 Å². The first-order valence-corrected chi connectivity index (χ1v) is 4.24. The molecule has 3 N–H and O–H groups in total. The zero-order valence-corrected chi connectivity index (χ0v) is 8.21. The molecule has 1 rings (SSSR count). The van der Waals surface area contributed by atoms with E-state index in [1.807, 2.05) is 5.32 Å². The number of halogens is 1. The molecule has 0 unspecified atom stereocenters. The van der Waals surface area contributed by atoms with Crippen molar-refractivity contribution < 1.29 is 9.59 Å². The van der Waals surface area contributed by atoms with Gasteiger partial charge in [0.05, 0.1) is 0 Å². The fourth-order valence-electron chi connectivity index (χ4n) is 0.854. The SMILES string of the molecule is N=NC(=O)NC(=O)Nc1cccc(Cl)c1. The Morgan fingerprint density at radius 1 is 1.40 bits per heavy atom. The van der Waals surface area contributed by atoms with Gasteiger partial charge in [-0.15, -0.1) is 0 Å². The summed E-state index contributed by atoms with van der Waals surface area (Å²) in [5, 5.41) is 7.12. The Kier molecular flexibility index (Phi) is 3.75. The predicted octanol–water partition coefficient (Wildman–Crippen LogP) is 2.61. The van der Waals surface area contributed by atoms with E-state index in [0.29, 0.717) is 10.7 Å². The molecule has 0 atom stereocenters. The smallest absolute Gasteiger partial charge is 0.308 e. The summed E-state index contributed by atoms with van der Waals surface area (Å²) in [5.74, 6) is 0.